The van der Waals surface area contributed by atoms with Gasteiger partial charge in [-0.1, -0.05) is 55.9 Å². The van der Waals surface area contributed by atoms with E-state index in [0.29, 0.717) is 49.7 Å². The second kappa shape index (κ2) is 23.1. The van der Waals surface area contributed by atoms with E-state index in [0.717, 1.165) is 36.1 Å². The number of ether oxygens (including phenoxy) is 1. The summed E-state index contributed by atoms with van der Waals surface area (Å²) in [6.45, 7) is 9.32. The van der Waals surface area contributed by atoms with Gasteiger partial charge in [0.2, 0.25) is 0 Å². The maximum absolute atomic E-state index is 13.0. The summed E-state index contributed by atoms with van der Waals surface area (Å²) in [6.07, 6.45) is 7.88. The summed E-state index contributed by atoms with van der Waals surface area (Å²) in [4.78, 5) is 46.5. The molecule has 274 valence electrons. The minimum atomic E-state index is -1.37. The van der Waals surface area contributed by atoms with Crippen LogP contribution in [0.5, 0.6) is 0 Å². The van der Waals surface area contributed by atoms with Crippen molar-refractivity contribution < 1.29 is 59.7 Å². The van der Waals surface area contributed by atoms with Crippen molar-refractivity contribution in [1.82, 2.24) is 0 Å². The third kappa shape index (κ3) is 20.1. The molecule has 0 aromatic rings. The highest BCUT2D eigenvalue weighted by Crippen LogP contribution is 2.26. The average molecular weight is 683 g/mol. The Hall–Kier alpha value is -3.32. The van der Waals surface area contributed by atoms with E-state index in [9.17, 15) is 44.7 Å². The summed E-state index contributed by atoms with van der Waals surface area (Å²) in [5.41, 5.74) is 1.93. The molecular weight excluding hydrogens is 624 g/mol. The van der Waals surface area contributed by atoms with Crippen molar-refractivity contribution in [2.75, 3.05) is 13.2 Å². The number of hydrogen-bond acceptors (Lipinski definition) is 9. The Morgan fingerprint density at radius 2 is 1.23 bits per heavy atom. The molecule has 12 nitrogen and oxygen atoms in total. The highest BCUT2D eigenvalue weighted by Gasteiger charge is 2.35. The van der Waals surface area contributed by atoms with Crippen molar-refractivity contribution in [2.45, 2.75) is 124 Å². The predicted molar refractivity (Wildman–Crippen MR) is 181 cm³/mol. The van der Waals surface area contributed by atoms with E-state index in [1.54, 1.807) is 33.8 Å². The van der Waals surface area contributed by atoms with Crippen molar-refractivity contribution in [3.63, 3.8) is 0 Å². The van der Waals surface area contributed by atoms with E-state index in [1.807, 2.05) is 13.0 Å². The topological polar surface area (TPSA) is 219 Å². The number of allylic oxidation sites excluding steroid dienone is 5. The molecule has 0 saturated carbocycles. The predicted octanol–water partition coefficient (Wildman–Crippen LogP) is 4.80. The zero-order valence-electron chi connectivity index (χ0n) is 29.4. The van der Waals surface area contributed by atoms with E-state index in [4.69, 9.17) is 14.9 Å². The third-order valence-electron chi connectivity index (χ3n) is 8.08. The molecule has 7 N–H and O–H groups in total. The Kier molecular flexibility index (Phi) is 21.5. The number of carboxylic acid groups (broad SMARTS) is 3. The van der Waals surface area contributed by atoms with Crippen LogP contribution in [0.1, 0.15) is 106 Å². The van der Waals surface area contributed by atoms with Gasteiger partial charge in [-0.15, -0.1) is 0 Å². The number of carbonyl (C=O) groups is 4. The molecule has 0 aliphatic carbocycles. The molecule has 0 radical (unpaired) electrons. The Bertz CT molecular complexity index is 1160. The molecule has 48 heavy (non-hydrogen) atoms. The minimum absolute atomic E-state index is 0.121. The molecule has 0 unspecified atom stereocenters. The number of unbranched alkanes of at least 4 members (excludes halogenated alkanes) is 2. The lowest BCUT2D eigenvalue weighted by atomic mass is 9.89. The van der Waals surface area contributed by atoms with Crippen LogP contribution < -0.4 is 0 Å². The average Bonchev–Trinajstić information content (AvgIpc) is 2.92. The van der Waals surface area contributed by atoms with Crippen molar-refractivity contribution in [3.8, 4) is 0 Å². The third-order valence-corrected chi connectivity index (χ3v) is 8.08. The Morgan fingerprint density at radius 1 is 0.729 bits per heavy atom. The number of aliphatic hydroxyl groups excluding tert-OH is 3. The molecule has 0 spiro atoms. The van der Waals surface area contributed by atoms with Gasteiger partial charge in [-0.2, -0.15) is 0 Å². The Morgan fingerprint density at radius 3 is 1.73 bits per heavy atom. The summed E-state index contributed by atoms with van der Waals surface area (Å²) >= 11 is 0. The first-order valence-corrected chi connectivity index (χ1v) is 16.5. The largest absolute Gasteiger partial charge is 0.481 e. The quantitative estimate of drug-likeness (QED) is 0.0299. The van der Waals surface area contributed by atoms with E-state index in [1.165, 1.54) is 0 Å². The monoisotopic (exact) mass is 682 g/mol. The second-order valence-electron chi connectivity index (χ2n) is 13.4. The van der Waals surface area contributed by atoms with Crippen molar-refractivity contribution in [2.24, 2.45) is 17.8 Å². The van der Waals surface area contributed by atoms with Crippen LogP contribution in [0.4, 0.5) is 0 Å². The van der Waals surface area contributed by atoms with Crippen molar-refractivity contribution >= 4 is 23.9 Å². The molecule has 12 heteroatoms. The molecule has 0 saturated heterocycles. The van der Waals surface area contributed by atoms with Crippen molar-refractivity contribution in [1.29, 1.82) is 0 Å². The molecule has 0 aromatic carbocycles. The fourth-order valence-corrected chi connectivity index (χ4v) is 5.89. The van der Waals surface area contributed by atoms with Crippen LogP contribution in [0, 0.1) is 17.8 Å². The molecule has 0 bridgehead atoms. The van der Waals surface area contributed by atoms with Gasteiger partial charge in [0.05, 0.1) is 24.9 Å². The molecule has 6 atom stereocenters. The number of rotatable bonds is 25. The lowest BCUT2D eigenvalue weighted by Crippen LogP contribution is -2.40. The number of carboxylic acids is 3. The van der Waals surface area contributed by atoms with Gasteiger partial charge < -0.3 is 40.5 Å². The number of aliphatic hydroxyl groups is 4. The molecule has 0 amide bonds. The standard InChI is InChI=1S/C36H58O12/c1-23(15-24(2)16-25(3)18-32(40)41)11-7-8-13-31(29(22-38)34(44)45)48-35(46)28(21-37)30(39)12-9-10-14-36(6,47)20-27(5)17-26(4)19-33(42)43/h16-19,23,28-31,37-39,47H,7-15,20-22H2,1-6H3,(H,40,41)(H,42,43)(H,44,45)/b24-16+,25-18+,26-19+,27-17+/t23-,28-,29+,30+,31+,36-/m0/s1. The fourth-order valence-electron chi connectivity index (χ4n) is 5.89. The number of esters is 1. The number of aliphatic carboxylic acids is 3. The molecule has 0 fully saturated rings. The van der Waals surface area contributed by atoms with E-state index in [-0.39, 0.29) is 18.8 Å². The highest BCUT2D eigenvalue weighted by molar-refractivity contribution is 5.81. The zero-order valence-corrected chi connectivity index (χ0v) is 29.4. The van der Waals surface area contributed by atoms with Crippen LogP contribution in [-0.2, 0) is 23.9 Å². The van der Waals surface area contributed by atoms with Crippen LogP contribution in [0.15, 0.2) is 46.6 Å². The lowest BCUT2D eigenvalue weighted by Gasteiger charge is -2.27. The summed E-state index contributed by atoms with van der Waals surface area (Å²) in [6, 6.07) is 0. The van der Waals surface area contributed by atoms with Gasteiger partial charge in [-0.05, 0) is 90.2 Å². The first kappa shape index (κ1) is 44.7. The first-order valence-electron chi connectivity index (χ1n) is 16.5. The summed E-state index contributed by atoms with van der Waals surface area (Å²) in [5.74, 6) is -6.78. The first-order chi connectivity index (χ1) is 22.3. The van der Waals surface area contributed by atoms with E-state index in [2.05, 4.69) is 6.92 Å². The normalized spacial score (nSPS) is 17.5. The molecule has 0 aromatic heterocycles. The molecule has 0 aliphatic heterocycles. The summed E-state index contributed by atoms with van der Waals surface area (Å²) in [7, 11) is 0. The summed E-state index contributed by atoms with van der Waals surface area (Å²) < 4.78 is 5.50. The van der Waals surface area contributed by atoms with Gasteiger partial charge in [0.25, 0.3) is 0 Å². The molecule has 0 rings (SSSR count). The van der Waals surface area contributed by atoms with Gasteiger partial charge in [-0.3, -0.25) is 9.59 Å². The molecule has 0 heterocycles. The molecule has 0 aliphatic rings. The second-order valence-corrected chi connectivity index (χ2v) is 13.4. The smallest absolute Gasteiger partial charge is 0.328 e. The summed E-state index contributed by atoms with van der Waals surface area (Å²) in [5, 5.41) is 68.5. The van der Waals surface area contributed by atoms with Crippen molar-refractivity contribution in [3.05, 3.63) is 46.6 Å². The number of carbonyl (C=O) groups excluding carboxylic acids is 1. The lowest BCUT2D eigenvalue weighted by molar-refractivity contribution is -0.169. The van der Waals surface area contributed by atoms with Gasteiger partial charge in [0.1, 0.15) is 17.9 Å². The van der Waals surface area contributed by atoms with Gasteiger partial charge in [-0.25, -0.2) is 9.59 Å². The number of hydrogen-bond donors (Lipinski definition) is 7. The van der Waals surface area contributed by atoms with E-state index >= 15 is 0 Å². The Labute approximate surface area is 284 Å². The van der Waals surface area contributed by atoms with Crippen LogP contribution in [0.25, 0.3) is 0 Å². The zero-order chi connectivity index (χ0) is 37.0. The Balaban J connectivity index is 5.11. The van der Waals surface area contributed by atoms with Crippen LogP contribution in [0.2, 0.25) is 0 Å². The van der Waals surface area contributed by atoms with Crippen LogP contribution >= 0.6 is 0 Å². The van der Waals surface area contributed by atoms with Gasteiger partial charge in [0, 0.05) is 12.2 Å². The van der Waals surface area contributed by atoms with Gasteiger partial charge in [0.15, 0.2) is 0 Å². The van der Waals surface area contributed by atoms with Crippen LogP contribution in [0.3, 0.4) is 0 Å². The fraction of sp³-hybridized carbons (Fsp3) is 0.667. The van der Waals surface area contributed by atoms with Crippen LogP contribution in [-0.4, -0.2) is 90.6 Å². The maximum atomic E-state index is 13.0. The van der Waals surface area contributed by atoms with E-state index < -0.39 is 66.7 Å². The SMILES string of the molecule is CC(=C\C(=O)O)/C=C(\C)C[C@@H](C)CCCC[C@@H](OC(=O)[C@@H](CO)[C@H](O)CCCC[C@](C)(O)C/C(C)=C/C(C)=C/C(=O)O)[C@@H](CO)C(=O)O. The maximum Gasteiger partial charge on any atom is 0.328 e. The highest BCUT2D eigenvalue weighted by atomic mass is 16.5. The molecular formula is C36H58O12. The minimum Gasteiger partial charge on any atom is -0.481 e. The van der Waals surface area contributed by atoms with Gasteiger partial charge >= 0.3 is 23.9 Å².